The molecule has 0 radical (unpaired) electrons. The molecule has 3 rings (SSSR count). The molecule has 0 aliphatic carbocycles. The number of hydrogen-bond donors (Lipinski definition) is 1. The lowest BCUT2D eigenvalue weighted by atomic mass is 10.0. The standard InChI is InChI=1S/C17H15ClN2S/c18-15-6-1-2-7-17(15)21-11-16(19)14-5-3-4-12-10-20-9-8-13(12)14/h1-10,16H,11,19H2. The first-order chi connectivity index (χ1) is 10.3. The van der Waals surface area contributed by atoms with E-state index in [1.54, 1.807) is 18.0 Å². The molecule has 106 valence electrons. The molecule has 0 bridgehead atoms. The summed E-state index contributed by atoms with van der Waals surface area (Å²) in [6, 6.07) is 16.0. The van der Waals surface area contributed by atoms with Gasteiger partial charge >= 0.3 is 0 Å². The van der Waals surface area contributed by atoms with Gasteiger partial charge in [-0.1, -0.05) is 41.9 Å². The monoisotopic (exact) mass is 314 g/mol. The highest BCUT2D eigenvalue weighted by atomic mass is 35.5. The maximum atomic E-state index is 6.37. The third kappa shape index (κ3) is 3.21. The van der Waals surface area contributed by atoms with Crippen molar-refractivity contribution < 1.29 is 0 Å². The number of benzene rings is 2. The molecule has 2 aromatic carbocycles. The Bertz CT molecular complexity index is 755. The third-order valence-electron chi connectivity index (χ3n) is 3.37. The number of thioether (sulfide) groups is 1. The Balaban J connectivity index is 1.81. The molecular weight excluding hydrogens is 300 g/mol. The highest BCUT2D eigenvalue weighted by Crippen LogP contribution is 2.31. The van der Waals surface area contributed by atoms with E-state index in [0.717, 1.165) is 26.6 Å². The summed E-state index contributed by atoms with van der Waals surface area (Å²) in [5, 5.41) is 3.06. The highest BCUT2D eigenvalue weighted by molar-refractivity contribution is 7.99. The number of fused-ring (bicyclic) bond motifs is 1. The predicted molar refractivity (Wildman–Crippen MR) is 90.8 cm³/mol. The highest BCUT2D eigenvalue weighted by Gasteiger charge is 2.11. The molecule has 0 fully saturated rings. The van der Waals surface area contributed by atoms with Crippen LogP contribution in [-0.2, 0) is 0 Å². The van der Waals surface area contributed by atoms with Crippen LogP contribution >= 0.6 is 23.4 Å². The SMILES string of the molecule is NC(CSc1ccccc1Cl)c1cccc2cnccc12. The van der Waals surface area contributed by atoms with Gasteiger partial charge < -0.3 is 5.73 Å². The van der Waals surface area contributed by atoms with Crippen molar-refractivity contribution in [2.45, 2.75) is 10.9 Å². The molecule has 1 heterocycles. The zero-order valence-corrected chi connectivity index (χ0v) is 12.9. The van der Waals surface area contributed by atoms with Crippen LogP contribution < -0.4 is 5.73 Å². The first kappa shape index (κ1) is 14.4. The van der Waals surface area contributed by atoms with E-state index in [2.05, 4.69) is 17.1 Å². The molecule has 1 unspecified atom stereocenters. The Labute approximate surface area is 133 Å². The first-order valence-electron chi connectivity index (χ1n) is 6.71. The fraction of sp³-hybridized carbons (Fsp3) is 0.118. The largest absolute Gasteiger partial charge is 0.323 e. The summed E-state index contributed by atoms with van der Waals surface area (Å²) in [5.74, 6) is 0.783. The smallest absolute Gasteiger partial charge is 0.0541 e. The zero-order valence-electron chi connectivity index (χ0n) is 11.4. The minimum Gasteiger partial charge on any atom is -0.323 e. The van der Waals surface area contributed by atoms with E-state index >= 15 is 0 Å². The van der Waals surface area contributed by atoms with E-state index in [1.807, 2.05) is 42.6 Å². The van der Waals surface area contributed by atoms with Crippen LogP contribution in [0.5, 0.6) is 0 Å². The van der Waals surface area contributed by atoms with Gasteiger partial charge in [-0.3, -0.25) is 4.98 Å². The van der Waals surface area contributed by atoms with Crippen LogP contribution in [0.25, 0.3) is 10.8 Å². The van der Waals surface area contributed by atoms with Crippen LogP contribution in [0.3, 0.4) is 0 Å². The third-order valence-corrected chi connectivity index (χ3v) is 5.00. The van der Waals surface area contributed by atoms with Gasteiger partial charge in [0.2, 0.25) is 0 Å². The van der Waals surface area contributed by atoms with Crippen LogP contribution in [-0.4, -0.2) is 10.7 Å². The van der Waals surface area contributed by atoms with Crippen molar-refractivity contribution in [3.05, 3.63) is 71.5 Å². The van der Waals surface area contributed by atoms with Crippen molar-refractivity contribution in [1.82, 2.24) is 4.98 Å². The molecule has 0 saturated heterocycles. The maximum Gasteiger partial charge on any atom is 0.0541 e. The fourth-order valence-corrected chi connectivity index (χ4v) is 3.52. The second-order valence-electron chi connectivity index (χ2n) is 4.79. The molecule has 21 heavy (non-hydrogen) atoms. The predicted octanol–water partition coefficient (Wildman–Crippen LogP) is 4.68. The lowest BCUT2D eigenvalue weighted by molar-refractivity contribution is 0.840. The average molecular weight is 315 g/mol. The van der Waals surface area contributed by atoms with Crippen molar-refractivity contribution >= 4 is 34.1 Å². The summed E-state index contributed by atoms with van der Waals surface area (Å²) in [6.45, 7) is 0. The molecule has 1 atom stereocenters. The average Bonchev–Trinajstić information content (AvgIpc) is 2.53. The molecular formula is C17H15ClN2S. The molecule has 0 aliphatic heterocycles. The zero-order chi connectivity index (χ0) is 14.7. The molecule has 0 spiro atoms. The van der Waals surface area contributed by atoms with Crippen LogP contribution in [0.4, 0.5) is 0 Å². The Morgan fingerprint density at radius 3 is 2.81 bits per heavy atom. The minimum absolute atomic E-state index is 0.0441. The number of hydrogen-bond acceptors (Lipinski definition) is 3. The van der Waals surface area contributed by atoms with E-state index in [1.165, 1.54) is 5.39 Å². The van der Waals surface area contributed by atoms with Crippen molar-refractivity contribution in [3.63, 3.8) is 0 Å². The number of aromatic nitrogens is 1. The van der Waals surface area contributed by atoms with E-state index in [-0.39, 0.29) is 6.04 Å². The van der Waals surface area contributed by atoms with Gasteiger partial charge in [0.1, 0.15) is 0 Å². The Morgan fingerprint density at radius 1 is 1.10 bits per heavy atom. The number of rotatable bonds is 4. The maximum absolute atomic E-state index is 6.37. The summed E-state index contributed by atoms with van der Waals surface area (Å²) in [6.07, 6.45) is 3.67. The van der Waals surface area contributed by atoms with Gasteiger partial charge in [-0.05, 0) is 29.1 Å². The summed E-state index contributed by atoms with van der Waals surface area (Å²) < 4.78 is 0. The van der Waals surface area contributed by atoms with E-state index in [9.17, 15) is 0 Å². The second kappa shape index (κ2) is 6.48. The molecule has 0 amide bonds. The molecule has 2 nitrogen and oxygen atoms in total. The van der Waals surface area contributed by atoms with Crippen molar-refractivity contribution in [3.8, 4) is 0 Å². The van der Waals surface area contributed by atoms with Crippen LogP contribution in [0.1, 0.15) is 11.6 Å². The van der Waals surface area contributed by atoms with Gasteiger partial charge in [0.25, 0.3) is 0 Å². The van der Waals surface area contributed by atoms with Gasteiger partial charge in [0.15, 0.2) is 0 Å². The van der Waals surface area contributed by atoms with Gasteiger partial charge in [-0.25, -0.2) is 0 Å². The molecule has 2 N–H and O–H groups in total. The molecule has 0 saturated carbocycles. The Hall–Kier alpha value is -1.55. The Morgan fingerprint density at radius 2 is 1.95 bits per heavy atom. The van der Waals surface area contributed by atoms with Crippen LogP contribution in [0.2, 0.25) is 5.02 Å². The number of nitrogens with two attached hydrogens (primary N) is 1. The van der Waals surface area contributed by atoms with E-state index in [4.69, 9.17) is 17.3 Å². The summed E-state index contributed by atoms with van der Waals surface area (Å²) in [5.41, 5.74) is 7.52. The minimum atomic E-state index is -0.0441. The summed E-state index contributed by atoms with van der Waals surface area (Å²) in [4.78, 5) is 5.22. The van der Waals surface area contributed by atoms with E-state index in [0.29, 0.717) is 0 Å². The van der Waals surface area contributed by atoms with Gasteiger partial charge in [0.05, 0.1) is 5.02 Å². The summed E-state index contributed by atoms with van der Waals surface area (Å²) >= 11 is 7.86. The fourth-order valence-electron chi connectivity index (χ4n) is 2.30. The van der Waals surface area contributed by atoms with Gasteiger partial charge in [0, 0.05) is 34.5 Å². The molecule has 1 aromatic heterocycles. The van der Waals surface area contributed by atoms with Crippen molar-refractivity contribution in [2.24, 2.45) is 5.73 Å². The molecule has 0 aliphatic rings. The van der Waals surface area contributed by atoms with E-state index < -0.39 is 0 Å². The lowest BCUT2D eigenvalue weighted by Crippen LogP contribution is -2.13. The normalized spacial score (nSPS) is 12.5. The van der Waals surface area contributed by atoms with Gasteiger partial charge in [-0.15, -0.1) is 11.8 Å². The van der Waals surface area contributed by atoms with Crippen LogP contribution in [0, 0.1) is 0 Å². The van der Waals surface area contributed by atoms with Crippen molar-refractivity contribution in [2.75, 3.05) is 5.75 Å². The lowest BCUT2D eigenvalue weighted by Gasteiger charge is -2.14. The number of pyridine rings is 1. The number of halogens is 1. The molecule has 3 aromatic rings. The Kier molecular flexibility index (Phi) is 4.44. The summed E-state index contributed by atoms with van der Waals surface area (Å²) in [7, 11) is 0. The van der Waals surface area contributed by atoms with Crippen molar-refractivity contribution in [1.29, 1.82) is 0 Å². The quantitative estimate of drug-likeness (QED) is 0.711. The topological polar surface area (TPSA) is 38.9 Å². The number of nitrogens with zero attached hydrogens (tertiary/aromatic N) is 1. The second-order valence-corrected chi connectivity index (χ2v) is 6.26. The van der Waals surface area contributed by atoms with Gasteiger partial charge in [-0.2, -0.15) is 0 Å². The molecule has 4 heteroatoms. The van der Waals surface area contributed by atoms with Crippen LogP contribution in [0.15, 0.2) is 65.8 Å². The first-order valence-corrected chi connectivity index (χ1v) is 8.07.